The molecule has 0 saturated heterocycles. The minimum Gasteiger partial charge on any atom is -0.372 e. The van der Waals surface area contributed by atoms with Crippen molar-refractivity contribution >= 4 is 0 Å². The van der Waals surface area contributed by atoms with Crippen LogP contribution in [-0.4, -0.2) is 28.2 Å². The highest BCUT2D eigenvalue weighted by molar-refractivity contribution is 4.96. The zero-order valence-corrected chi connectivity index (χ0v) is 13.0. The molecule has 0 spiro atoms. The Morgan fingerprint density at radius 3 is 2.75 bits per heavy atom. The predicted molar refractivity (Wildman–Crippen MR) is 81.6 cm³/mol. The third-order valence-corrected chi connectivity index (χ3v) is 4.09. The van der Waals surface area contributed by atoms with Crippen LogP contribution in [-0.2, 0) is 17.9 Å². The van der Waals surface area contributed by atoms with Gasteiger partial charge in [-0.05, 0) is 45.1 Å². The van der Waals surface area contributed by atoms with E-state index in [0.29, 0.717) is 18.8 Å². The second kappa shape index (κ2) is 8.42. The molecule has 114 valence electrons. The van der Waals surface area contributed by atoms with Crippen LogP contribution in [0.4, 0.5) is 0 Å². The van der Waals surface area contributed by atoms with Crippen LogP contribution in [0, 0.1) is 0 Å². The van der Waals surface area contributed by atoms with Gasteiger partial charge in [0.05, 0.1) is 30.9 Å². The molecule has 0 aliphatic heterocycles. The smallest absolute Gasteiger partial charge is 0.0948 e. The molecule has 4 nitrogen and oxygen atoms in total. The van der Waals surface area contributed by atoms with Crippen molar-refractivity contribution in [2.45, 2.75) is 77.7 Å². The molecule has 20 heavy (non-hydrogen) atoms. The maximum Gasteiger partial charge on any atom is 0.0948 e. The molecule has 1 heterocycles. The van der Waals surface area contributed by atoms with Crippen molar-refractivity contribution in [3.8, 4) is 0 Å². The van der Waals surface area contributed by atoms with Gasteiger partial charge in [-0.3, -0.25) is 0 Å². The number of nitrogens with zero attached hydrogens (tertiary/aromatic N) is 2. The fourth-order valence-electron chi connectivity index (χ4n) is 2.90. The molecule has 0 radical (unpaired) electrons. The van der Waals surface area contributed by atoms with Gasteiger partial charge in [0.25, 0.3) is 0 Å². The molecular formula is C16H29N3O. The van der Waals surface area contributed by atoms with Crippen LogP contribution in [0.25, 0.3) is 0 Å². The zero-order valence-electron chi connectivity index (χ0n) is 13.0. The summed E-state index contributed by atoms with van der Waals surface area (Å²) in [5.74, 6) is 0. The number of rotatable bonds is 8. The number of hydrogen-bond donors (Lipinski definition) is 1. The topological polar surface area (TPSA) is 39.1 Å². The second-order valence-corrected chi connectivity index (χ2v) is 5.82. The molecule has 2 rings (SSSR count). The summed E-state index contributed by atoms with van der Waals surface area (Å²) in [5.41, 5.74) is 1.21. The Labute approximate surface area is 122 Å². The van der Waals surface area contributed by atoms with Gasteiger partial charge < -0.3 is 14.6 Å². The van der Waals surface area contributed by atoms with Gasteiger partial charge in [0.1, 0.15) is 0 Å². The van der Waals surface area contributed by atoms with Crippen LogP contribution >= 0.6 is 0 Å². The Morgan fingerprint density at radius 1 is 1.25 bits per heavy atom. The summed E-state index contributed by atoms with van der Waals surface area (Å²) in [6, 6.07) is 0.709. The highest BCUT2D eigenvalue weighted by Gasteiger charge is 2.21. The molecule has 0 bridgehead atoms. The summed E-state index contributed by atoms with van der Waals surface area (Å²) in [6.45, 7) is 7.30. The summed E-state index contributed by atoms with van der Waals surface area (Å²) >= 11 is 0. The van der Waals surface area contributed by atoms with Crippen LogP contribution in [0.3, 0.4) is 0 Å². The summed E-state index contributed by atoms with van der Waals surface area (Å²) in [5, 5.41) is 3.62. The van der Waals surface area contributed by atoms with Gasteiger partial charge in [-0.25, -0.2) is 4.98 Å². The average molecular weight is 279 g/mol. The lowest BCUT2D eigenvalue weighted by Crippen LogP contribution is -2.35. The highest BCUT2D eigenvalue weighted by Crippen LogP contribution is 2.22. The van der Waals surface area contributed by atoms with E-state index in [-0.39, 0.29) is 0 Å². The fourth-order valence-corrected chi connectivity index (χ4v) is 2.90. The quantitative estimate of drug-likeness (QED) is 0.794. The number of aryl methyl sites for hydroxylation is 1. The highest BCUT2D eigenvalue weighted by atomic mass is 16.5. The first-order chi connectivity index (χ1) is 9.83. The molecule has 1 N–H and O–H groups in total. The second-order valence-electron chi connectivity index (χ2n) is 5.82. The van der Waals surface area contributed by atoms with Crippen LogP contribution in [0.1, 0.15) is 58.1 Å². The third kappa shape index (κ3) is 4.60. The molecule has 1 aromatic rings. The molecule has 1 aliphatic rings. The lowest BCUT2D eigenvalue weighted by Gasteiger charge is -2.29. The first-order valence-electron chi connectivity index (χ1n) is 8.17. The Morgan fingerprint density at radius 2 is 2.05 bits per heavy atom. The van der Waals surface area contributed by atoms with E-state index < -0.39 is 0 Å². The predicted octanol–water partition coefficient (Wildman–Crippen LogP) is 3.12. The standard InChI is InChI=1S/C16H29N3O/c1-3-9-18-14-5-7-16(8-6-14)20-12-15-11-17-13-19(15)10-4-2/h11,13-14,16,18H,3-10,12H2,1-2H3. The number of imidazole rings is 1. The number of nitrogens with one attached hydrogen (secondary N) is 1. The van der Waals surface area contributed by atoms with Crippen molar-refractivity contribution in [2.75, 3.05) is 6.54 Å². The zero-order chi connectivity index (χ0) is 14.2. The Kier molecular flexibility index (Phi) is 6.54. The first-order valence-corrected chi connectivity index (χ1v) is 8.17. The Balaban J connectivity index is 1.69. The van der Waals surface area contributed by atoms with Crippen molar-refractivity contribution in [3.05, 3.63) is 18.2 Å². The van der Waals surface area contributed by atoms with E-state index in [1.54, 1.807) is 0 Å². The summed E-state index contributed by atoms with van der Waals surface area (Å²) < 4.78 is 8.28. The average Bonchev–Trinajstić information content (AvgIpc) is 2.92. The van der Waals surface area contributed by atoms with Gasteiger partial charge in [-0.2, -0.15) is 0 Å². The van der Waals surface area contributed by atoms with Crippen molar-refractivity contribution in [2.24, 2.45) is 0 Å². The van der Waals surface area contributed by atoms with Crippen LogP contribution in [0.15, 0.2) is 12.5 Å². The lowest BCUT2D eigenvalue weighted by molar-refractivity contribution is 0.00857. The van der Waals surface area contributed by atoms with Crippen molar-refractivity contribution in [1.82, 2.24) is 14.9 Å². The van der Waals surface area contributed by atoms with E-state index in [0.717, 1.165) is 19.5 Å². The third-order valence-electron chi connectivity index (χ3n) is 4.09. The van der Waals surface area contributed by atoms with Crippen LogP contribution in [0.5, 0.6) is 0 Å². The van der Waals surface area contributed by atoms with Crippen LogP contribution in [0.2, 0.25) is 0 Å². The van der Waals surface area contributed by atoms with Crippen molar-refractivity contribution in [3.63, 3.8) is 0 Å². The largest absolute Gasteiger partial charge is 0.372 e. The minimum absolute atomic E-state index is 0.430. The molecule has 1 saturated carbocycles. The van der Waals surface area contributed by atoms with Gasteiger partial charge in [-0.1, -0.05) is 13.8 Å². The number of aromatic nitrogens is 2. The molecule has 0 aromatic carbocycles. The summed E-state index contributed by atoms with van der Waals surface area (Å²) in [4.78, 5) is 4.22. The normalized spacial score (nSPS) is 23.1. The van der Waals surface area contributed by atoms with Gasteiger partial charge >= 0.3 is 0 Å². The Hall–Kier alpha value is -0.870. The summed E-state index contributed by atoms with van der Waals surface area (Å²) in [6.07, 6.45) is 11.5. The van der Waals surface area contributed by atoms with E-state index in [9.17, 15) is 0 Å². The van der Waals surface area contributed by atoms with E-state index >= 15 is 0 Å². The van der Waals surface area contributed by atoms with Crippen molar-refractivity contribution in [1.29, 1.82) is 0 Å². The summed E-state index contributed by atoms with van der Waals surface area (Å²) in [7, 11) is 0. The van der Waals surface area contributed by atoms with Gasteiger partial charge in [0.15, 0.2) is 0 Å². The van der Waals surface area contributed by atoms with E-state index in [1.807, 2.05) is 12.5 Å². The molecule has 1 aliphatic carbocycles. The monoisotopic (exact) mass is 279 g/mol. The van der Waals surface area contributed by atoms with Gasteiger partial charge in [0.2, 0.25) is 0 Å². The van der Waals surface area contributed by atoms with E-state index in [2.05, 4.69) is 28.7 Å². The number of ether oxygens (including phenoxy) is 1. The Bertz CT molecular complexity index is 370. The van der Waals surface area contributed by atoms with Gasteiger partial charge in [-0.15, -0.1) is 0 Å². The number of hydrogen-bond acceptors (Lipinski definition) is 3. The molecule has 0 atom stereocenters. The molecule has 0 unspecified atom stereocenters. The first kappa shape index (κ1) is 15.5. The lowest BCUT2D eigenvalue weighted by atomic mass is 9.93. The minimum atomic E-state index is 0.430. The van der Waals surface area contributed by atoms with Crippen molar-refractivity contribution < 1.29 is 4.74 Å². The molecule has 4 heteroatoms. The van der Waals surface area contributed by atoms with E-state index in [1.165, 1.54) is 37.8 Å². The SMILES string of the molecule is CCCNC1CCC(OCc2cncn2CCC)CC1. The molecule has 1 aromatic heterocycles. The fraction of sp³-hybridized carbons (Fsp3) is 0.812. The maximum absolute atomic E-state index is 6.08. The van der Waals surface area contributed by atoms with Gasteiger partial charge in [0, 0.05) is 12.6 Å². The van der Waals surface area contributed by atoms with E-state index in [4.69, 9.17) is 4.74 Å². The molecular weight excluding hydrogens is 250 g/mol. The molecule has 1 fully saturated rings. The molecule has 0 amide bonds. The van der Waals surface area contributed by atoms with Crippen LogP contribution < -0.4 is 5.32 Å². The maximum atomic E-state index is 6.08.